The van der Waals surface area contributed by atoms with E-state index in [9.17, 15) is 9.90 Å². The van der Waals surface area contributed by atoms with E-state index in [1.54, 1.807) is 13.0 Å². The third-order valence-electron chi connectivity index (χ3n) is 2.50. The predicted molar refractivity (Wildman–Crippen MR) is 71.7 cm³/mol. The van der Waals surface area contributed by atoms with Crippen molar-refractivity contribution < 1.29 is 15.0 Å². The molecule has 1 aromatic heterocycles. The summed E-state index contributed by atoms with van der Waals surface area (Å²) < 4.78 is 0. The zero-order valence-electron chi connectivity index (χ0n) is 10.0. The number of nitrogens with one attached hydrogen (secondary N) is 1. The molecule has 2 aromatic rings. The summed E-state index contributed by atoms with van der Waals surface area (Å²) in [6.45, 7) is 1.77. The van der Waals surface area contributed by atoms with Crippen LogP contribution in [0.4, 0.5) is 5.69 Å². The first kappa shape index (κ1) is 13.2. The highest BCUT2D eigenvalue weighted by Crippen LogP contribution is 2.24. The lowest BCUT2D eigenvalue weighted by molar-refractivity contribution is 0.102. The Hall–Kier alpha value is -2.27. The summed E-state index contributed by atoms with van der Waals surface area (Å²) in [5, 5.41) is 21.7. The number of hydrogen-bond donors (Lipinski definition) is 3. The van der Waals surface area contributed by atoms with Crippen molar-refractivity contribution in [2.45, 2.75) is 6.92 Å². The smallest absolute Gasteiger partial charge is 0.259 e. The van der Waals surface area contributed by atoms with Gasteiger partial charge in [-0.05, 0) is 30.7 Å². The number of carbonyl (C=O) groups excluding carboxylic acids is 1. The van der Waals surface area contributed by atoms with Gasteiger partial charge in [0.05, 0.1) is 17.4 Å². The molecular formula is C13H11ClN2O3. The molecule has 0 radical (unpaired) electrons. The van der Waals surface area contributed by atoms with Gasteiger partial charge in [-0.1, -0.05) is 11.6 Å². The monoisotopic (exact) mass is 278 g/mol. The molecule has 2 rings (SSSR count). The van der Waals surface area contributed by atoms with Crippen LogP contribution in [0.3, 0.4) is 0 Å². The minimum Gasteiger partial charge on any atom is -0.508 e. The van der Waals surface area contributed by atoms with Crippen LogP contribution in [0.15, 0.2) is 30.5 Å². The number of aromatic hydroxyl groups is 2. The standard InChI is InChI=1S/C13H11ClN2O3/c1-7-4-8(6-15-12(7)14)16-13(19)10-3-2-9(17)5-11(10)18/h2-6,17-18H,1H3,(H,16,19). The zero-order valence-corrected chi connectivity index (χ0v) is 10.8. The average molecular weight is 279 g/mol. The Morgan fingerprint density at radius 1 is 1.32 bits per heavy atom. The van der Waals surface area contributed by atoms with Crippen LogP contribution in [0.2, 0.25) is 5.15 Å². The molecule has 0 saturated carbocycles. The Balaban J connectivity index is 2.23. The number of hydrogen-bond acceptors (Lipinski definition) is 4. The van der Waals surface area contributed by atoms with Gasteiger partial charge in [-0.2, -0.15) is 0 Å². The summed E-state index contributed by atoms with van der Waals surface area (Å²) in [6, 6.07) is 5.42. The quantitative estimate of drug-likeness (QED) is 0.738. The van der Waals surface area contributed by atoms with Crippen LogP contribution in [0.1, 0.15) is 15.9 Å². The number of pyridine rings is 1. The van der Waals surface area contributed by atoms with Crippen molar-refractivity contribution in [3.05, 3.63) is 46.7 Å². The maximum Gasteiger partial charge on any atom is 0.259 e. The maximum atomic E-state index is 11.9. The lowest BCUT2D eigenvalue weighted by Gasteiger charge is -2.08. The molecule has 0 atom stereocenters. The molecule has 0 fully saturated rings. The van der Waals surface area contributed by atoms with Crippen molar-refractivity contribution in [1.29, 1.82) is 0 Å². The van der Waals surface area contributed by atoms with Gasteiger partial charge < -0.3 is 15.5 Å². The number of carbonyl (C=O) groups is 1. The molecule has 0 aliphatic carbocycles. The molecule has 0 aliphatic heterocycles. The van der Waals surface area contributed by atoms with E-state index in [1.165, 1.54) is 18.3 Å². The van der Waals surface area contributed by atoms with Crippen molar-refractivity contribution in [3.63, 3.8) is 0 Å². The lowest BCUT2D eigenvalue weighted by Crippen LogP contribution is -2.12. The molecule has 1 amide bonds. The third-order valence-corrected chi connectivity index (χ3v) is 2.89. The summed E-state index contributed by atoms with van der Waals surface area (Å²) in [6.07, 6.45) is 1.42. The zero-order chi connectivity index (χ0) is 14.0. The van der Waals surface area contributed by atoms with Gasteiger partial charge in [0.1, 0.15) is 16.7 Å². The van der Waals surface area contributed by atoms with E-state index in [0.29, 0.717) is 10.8 Å². The topological polar surface area (TPSA) is 82.5 Å². The van der Waals surface area contributed by atoms with Crippen molar-refractivity contribution in [1.82, 2.24) is 4.98 Å². The van der Waals surface area contributed by atoms with Gasteiger partial charge in [-0.25, -0.2) is 4.98 Å². The predicted octanol–water partition coefficient (Wildman–Crippen LogP) is 2.71. The number of rotatable bonds is 2. The van der Waals surface area contributed by atoms with Gasteiger partial charge in [0.15, 0.2) is 0 Å². The van der Waals surface area contributed by atoms with Crippen molar-refractivity contribution >= 4 is 23.2 Å². The summed E-state index contributed by atoms with van der Waals surface area (Å²) in [7, 11) is 0. The molecule has 0 spiro atoms. The van der Waals surface area contributed by atoms with Gasteiger partial charge in [0, 0.05) is 6.07 Å². The van der Waals surface area contributed by atoms with E-state index in [1.807, 2.05) is 0 Å². The lowest BCUT2D eigenvalue weighted by atomic mass is 10.1. The Morgan fingerprint density at radius 3 is 2.68 bits per heavy atom. The molecule has 3 N–H and O–H groups in total. The highest BCUT2D eigenvalue weighted by Gasteiger charge is 2.12. The van der Waals surface area contributed by atoms with Gasteiger partial charge in [-0.15, -0.1) is 0 Å². The molecule has 19 heavy (non-hydrogen) atoms. The second kappa shape index (κ2) is 5.16. The highest BCUT2D eigenvalue weighted by atomic mass is 35.5. The van der Waals surface area contributed by atoms with E-state index in [-0.39, 0.29) is 17.1 Å². The van der Waals surface area contributed by atoms with Crippen LogP contribution in [-0.2, 0) is 0 Å². The molecular weight excluding hydrogens is 268 g/mol. The van der Waals surface area contributed by atoms with Crippen LogP contribution >= 0.6 is 11.6 Å². The third kappa shape index (κ3) is 2.95. The second-order valence-corrected chi connectivity index (χ2v) is 4.35. The van der Waals surface area contributed by atoms with Gasteiger partial charge in [0.2, 0.25) is 0 Å². The van der Waals surface area contributed by atoms with Gasteiger partial charge >= 0.3 is 0 Å². The molecule has 1 aromatic carbocycles. The van der Waals surface area contributed by atoms with Crippen molar-refractivity contribution in [2.24, 2.45) is 0 Å². The first-order chi connectivity index (χ1) is 8.97. The molecule has 98 valence electrons. The minimum atomic E-state index is -0.499. The summed E-state index contributed by atoms with van der Waals surface area (Å²) in [5.41, 5.74) is 1.26. The number of halogens is 1. The maximum absolute atomic E-state index is 11.9. The first-order valence-corrected chi connectivity index (χ1v) is 5.80. The molecule has 0 aliphatic rings. The summed E-state index contributed by atoms with van der Waals surface area (Å²) >= 11 is 5.79. The fourth-order valence-corrected chi connectivity index (χ4v) is 1.64. The largest absolute Gasteiger partial charge is 0.508 e. The number of phenols is 2. The average Bonchev–Trinajstić information content (AvgIpc) is 2.33. The SMILES string of the molecule is Cc1cc(NC(=O)c2ccc(O)cc2O)cnc1Cl. The Morgan fingerprint density at radius 2 is 2.05 bits per heavy atom. The van der Waals surface area contributed by atoms with E-state index in [4.69, 9.17) is 16.7 Å². The van der Waals surface area contributed by atoms with Crippen LogP contribution in [0, 0.1) is 6.92 Å². The van der Waals surface area contributed by atoms with Crippen LogP contribution in [0.5, 0.6) is 11.5 Å². The van der Waals surface area contributed by atoms with Crippen molar-refractivity contribution in [3.8, 4) is 11.5 Å². The Bertz CT molecular complexity index is 644. The van der Waals surface area contributed by atoms with Gasteiger partial charge in [0.25, 0.3) is 5.91 Å². The number of aromatic nitrogens is 1. The number of nitrogens with zero attached hydrogens (tertiary/aromatic N) is 1. The van der Waals surface area contributed by atoms with E-state index >= 15 is 0 Å². The Labute approximate surface area is 114 Å². The Kier molecular flexibility index (Phi) is 3.57. The number of phenolic OH excluding ortho intramolecular Hbond substituents is 2. The van der Waals surface area contributed by atoms with E-state index in [2.05, 4.69) is 10.3 Å². The van der Waals surface area contributed by atoms with Gasteiger partial charge in [-0.3, -0.25) is 4.79 Å². The van der Waals surface area contributed by atoms with Crippen molar-refractivity contribution in [2.75, 3.05) is 5.32 Å². The molecule has 5 nitrogen and oxygen atoms in total. The normalized spacial score (nSPS) is 10.2. The summed E-state index contributed by atoms with van der Waals surface area (Å²) in [4.78, 5) is 15.8. The molecule has 1 heterocycles. The molecule has 0 unspecified atom stereocenters. The molecule has 6 heteroatoms. The number of benzene rings is 1. The summed E-state index contributed by atoms with van der Waals surface area (Å²) in [5.74, 6) is -0.907. The number of aryl methyl sites for hydroxylation is 1. The van der Waals surface area contributed by atoms with E-state index < -0.39 is 5.91 Å². The molecule has 0 bridgehead atoms. The fraction of sp³-hybridized carbons (Fsp3) is 0.0769. The van der Waals surface area contributed by atoms with Crippen LogP contribution < -0.4 is 5.32 Å². The number of anilines is 1. The fourth-order valence-electron chi connectivity index (χ4n) is 1.54. The molecule has 0 saturated heterocycles. The highest BCUT2D eigenvalue weighted by molar-refractivity contribution is 6.30. The minimum absolute atomic E-state index is 0.0606. The first-order valence-electron chi connectivity index (χ1n) is 5.43. The second-order valence-electron chi connectivity index (χ2n) is 3.99. The van der Waals surface area contributed by atoms with E-state index in [0.717, 1.165) is 11.6 Å². The van der Waals surface area contributed by atoms with Crippen LogP contribution in [-0.4, -0.2) is 21.1 Å². The van der Waals surface area contributed by atoms with Crippen LogP contribution in [0.25, 0.3) is 0 Å². The number of amides is 1.